The Morgan fingerprint density at radius 1 is 0.406 bits per heavy atom. The Bertz CT molecular complexity index is 406. The third-order valence-corrected chi connectivity index (χ3v) is 7.32. The van der Waals surface area contributed by atoms with Crippen LogP contribution < -0.4 is 0 Å². The summed E-state index contributed by atoms with van der Waals surface area (Å²) in [6, 6.07) is 0. The molecule has 2 heteroatoms. The first-order chi connectivity index (χ1) is 15.8. The van der Waals surface area contributed by atoms with Crippen LogP contribution in [0.15, 0.2) is 12.4 Å². The van der Waals surface area contributed by atoms with Crippen molar-refractivity contribution in [1.29, 1.82) is 0 Å². The van der Waals surface area contributed by atoms with Crippen LogP contribution in [-0.2, 0) is 0 Å². The summed E-state index contributed by atoms with van der Waals surface area (Å²) in [4.78, 5) is 5.33. The van der Waals surface area contributed by atoms with E-state index in [-0.39, 0.29) is 0 Å². The van der Waals surface area contributed by atoms with Crippen LogP contribution in [0.4, 0.5) is 0 Å². The van der Waals surface area contributed by atoms with Crippen molar-refractivity contribution in [2.24, 2.45) is 0 Å². The van der Waals surface area contributed by atoms with E-state index >= 15 is 0 Å². The molecular weight excluding hydrogens is 388 g/mol. The van der Waals surface area contributed by atoms with E-state index in [1.807, 2.05) is 0 Å². The molecule has 0 aromatic carbocycles. The molecule has 0 aliphatic carbocycles. The van der Waals surface area contributed by atoms with E-state index < -0.39 is 0 Å². The molecule has 2 nitrogen and oxygen atoms in total. The lowest BCUT2D eigenvalue weighted by Crippen LogP contribution is -2.39. The number of unbranched alkanes of at least 4 members (excludes halogenated alkanes) is 18. The van der Waals surface area contributed by atoms with Crippen molar-refractivity contribution in [1.82, 2.24) is 9.80 Å². The highest BCUT2D eigenvalue weighted by Gasteiger charge is 2.24. The van der Waals surface area contributed by atoms with Gasteiger partial charge in [0.05, 0.1) is 0 Å². The molecule has 190 valence electrons. The molecule has 1 heterocycles. The molecule has 0 radical (unpaired) electrons. The van der Waals surface area contributed by atoms with Crippen LogP contribution in [0.2, 0.25) is 0 Å². The topological polar surface area (TPSA) is 6.48 Å². The normalized spacial score (nSPS) is 15.9. The van der Waals surface area contributed by atoms with Crippen molar-refractivity contribution in [2.75, 3.05) is 13.1 Å². The maximum absolute atomic E-state index is 2.67. The first-order valence-corrected chi connectivity index (χ1v) is 15.0. The van der Waals surface area contributed by atoms with Crippen molar-refractivity contribution in [3.05, 3.63) is 12.4 Å². The van der Waals surface area contributed by atoms with Crippen molar-refractivity contribution in [3.8, 4) is 0 Å². The number of hydrogen-bond acceptors (Lipinski definition) is 2. The minimum absolute atomic E-state index is 0.644. The van der Waals surface area contributed by atoms with Crippen molar-refractivity contribution < 1.29 is 0 Å². The Kier molecular flexibility index (Phi) is 20.3. The molecule has 0 saturated carbocycles. The standard InChI is InChI=1S/C30H60N2/c1-4-7-10-12-14-15-16-17-18-19-20-22-25-30-31(26-23-9-6-3)28-29-32(30)27-24-21-13-11-8-5-2/h28-30H,4-27H2,1-3H3. The lowest BCUT2D eigenvalue weighted by Gasteiger charge is -2.33. The predicted octanol–water partition coefficient (Wildman–Crippen LogP) is 10.0. The summed E-state index contributed by atoms with van der Waals surface area (Å²) >= 11 is 0. The van der Waals surface area contributed by atoms with Crippen molar-refractivity contribution >= 4 is 0 Å². The molecule has 1 rings (SSSR count). The zero-order valence-corrected chi connectivity index (χ0v) is 22.6. The first kappa shape index (κ1) is 29.4. The van der Waals surface area contributed by atoms with E-state index in [0.717, 1.165) is 0 Å². The van der Waals surface area contributed by atoms with Crippen LogP contribution in [-0.4, -0.2) is 29.1 Å². The predicted molar refractivity (Wildman–Crippen MR) is 145 cm³/mol. The van der Waals surface area contributed by atoms with E-state index in [4.69, 9.17) is 0 Å². The van der Waals surface area contributed by atoms with Gasteiger partial charge >= 0.3 is 0 Å². The van der Waals surface area contributed by atoms with E-state index in [1.54, 1.807) is 0 Å². The van der Waals surface area contributed by atoms with Gasteiger partial charge in [-0.2, -0.15) is 0 Å². The summed E-state index contributed by atoms with van der Waals surface area (Å²) in [5.41, 5.74) is 0. The molecule has 1 aliphatic heterocycles. The molecule has 0 bridgehead atoms. The number of hydrogen-bond donors (Lipinski definition) is 0. The highest BCUT2D eigenvalue weighted by molar-refractivity contribution is 4.96. The minimum Gasteiger partial charge on any atom is -0.356 e. The highest BCUT2D eigenvalue weighted by Crippen LogP contribution is 2.23. The average Bonchev–Trinajstić information content (AvgIpc) is 3.18. The zero-order valence-electron chi connectivity index (χ0n) is 22.6. The van der Waals surface area contributed by atoms with Gasteiger partial charge in [-0.3, -0.25) is 0 Å². The highest BCUT2D eigenvalue weighted by atomic mass is 15.4. The second kappa shape index (κ2) is 22.1. The maximum atomic E-state index is 2.67. The Labute approximate surface area is 203 Å². The fourth-order valence-electron chi connectivity index (χ4n) is 5.13. The number of rotatable bonds is 24. The van der Waals surface area contributed by atoms with Gasteiger partial charge in [0, 0.05) is 25.5 Å². The fraction of sp³-hybridized carbons (Fsp3) is 0.933. The van der Waals surface area contributed by atoms with Crippen LogP contribution in [0.1, 0.15) is 162 Å². The number of nitrogens with zero attached hydrogens (tertiary/aromatic N) is 2. The molecule has 0 saturated heterocycles. The monoisotopic (exact) mass is 448 g/mol. The second-order valence-electron chi connectivity index (χ2n) is 10.4. The van der Waals surface area contributed by atoms with Crippen LogP contribution in [0, 0.1) is 0 Å². The molecule has 1 aliphatic rings. The van der Waals surface area contributed by atoms with Gasteiger partial charge in [-0.1, -0.05) is 136 Å². The van der Waals surface area contributed by atoms with E-state index in [1.165, 1.54) is 154 Å². The summed E-state index contributed by atoms with van der Waals surface area (Å²) in [5.74, 6) is 0. The third-order valence-electron chi connectivity index (χ3n) is 7.32. The molecular formula is C30H60N2. The zero-order chi connectivity index (χ0) is 23.1. The molecule has 0 fully saturated rings. The Morgan fingerprint density at radius 2 is 0.719 bits per heavy atom. The largest absolute Gasteiger partial charge is 0.356 e. The summed E-state index contributed by atoms with van der Waals surface area (Å²) < 4.78 is 0. The van der Waals surface area contributed by atoms with Crippen LogP contribution in [0.25, 0.3) is 0 Å². The Balaban J connectivity index is 2.16. The van der Waals surface area contributed by atoms with Crippen LogP contribution in [0.3, 0.4) is 0 Å². The van der Waals surface area contributed by atoms with Crippen molar-refractivity contribution in [3.63, 3.8) is 0 Å². The van der Waals surface area contributed by atoms with E-state index in [2.05, 4.69) is 43.0 Å². The Morgan fingerprint density at radius 3 is 1.16 bits per heavy atom. The second-order valence-corrected chi connectivity index (χ2v) is 10.4. The smallest absolute Gasteiger partial charge is 0.101 e. The molecule has 1 atom stereocenters. The maximum Gasteiger partial charge on any atom is 0.101 e. The quantitative estimate of drug-likeness (QED) is 0.135. The summed E-state index contributed by atoms with van der Waals surface area (Å²) in [6.45, 7) is 9.44. The lowest BCUT2D eigenvalue weighted by atomic mass is 10.0. The van der Waals surface area contributed by atoms with Gasteiger partial charge in [0.15, 0.2) is 0 Å². The molecule has 0 aromatic heterocycles. The van der Waals surface area contributed by atoms with Gasteiger partial charge in [-0.15, -0.1) is 0 Å². The first-order valence-electron chi connectivity index (χ1n) is 15.0. The average molecular weight is 449 g/mol. The van der Waals surface area contributed by atoms with E-state index in [0.29, 0.717) is 6.17 Å². The third kappa shape index (κ3) is 15.2. The summed E-state index contributed by atoms with van der Waals surface area (Å²) in [6.07, 6.45) is 36.6. The van der Waals surface area contributed by atoms with Gasteiger partial charge in [0.1, 0.15) is 6.17 Å². The van der Waals surface area contributed by atoms with Gasteiger partial charge < -0.3 is 9.80 Å². The van der Waals surface area contributed by atoms with Crippen LogP contribution in [0.5, 0.6) is 0 Å². The Hall–Kier alpha value is -0.660. The molecule has 0 spiro atoms. The molecule has 1 unspecified atom stereocenters. The van der Waals surface area contributed by atoms with E-state index in [9.17, 15) is 0 Å². The molecule has 0 aromatic rings. The minimum atomic E-state index is 0.644. The van der Waals surface area contributed by atoms with Gasteiger partial charge in [0.25, 0.3) is 0 Å². The van der Waals surface area contributed by atoms with Crippen LogP contribution >= 0.6 is 0 Å². The van der Waals surface area contributed by atoms with Gasteiger partial charge in [-0.05, 0) is 25.7 Å². The molecule has 32 heavy (non-hydrogen) atoms. The lowest BCUT2D eigenvalue weighted by molar-refractivity contribution is 0.135. The summed E-state index contributed by atoms with van der Waals surface area (Å²) in [7, 11) is 0. The fourth-order valence-corrected chi connectivity index (χ4v) is 5.13. The van der Waals surface area contributed by atoms with Crippen molar-refractivity contribution in [2.45, 2.75) is 168 Å². The molecule has 0 N–H and O–H groups in total. The SMILES string of the molecule is CCCCCCCCCCCCCCC1N(CCCCC)C=CN1CCCCCCCC. The van der Waals surface area contributed by atoms with Gasteiger partial charge in [-0.25, -0.2) is 0 Å². The van der Waals surface area contributed by atoms with Gasteiger partial charge in [0.2, 0.25) is 0 Å². The molecule has 0 amide bonds. The summed E-state index contributed by atoms with van der Waals surface area (Å²) in [5, 5.41) is 0.